The number of thiazole rings is 1. The van der Waals surface area contributed by atoms with Crippen molar-refractivity contribution in [3.8, 4) is 0 Å². The van der Waals surface area contributed by atoms with Crippen LogP contribution in [-0.2, 0) is 9.59 Å². The second-order valence-corrected chi connectivity index (χ2v) is 7.63. The first-order chi connectivity index (χ1) is 10.6. The van der Waals surface area contributed by atoms with Crippen LogP contribution in [0.4, 0.5) is 0 Å². The normalized spacial score (nSPS) is 15.6. The maximum atomic E-state index is 11.9. The minimum Gasteiger partial charge on any atom is -0.480 e. The Morgan fingerprint density at radius 3 is 2.86 bits per heavy atom. The van der Waals surface area contributed by atoms with Crippen molar-refractivity contribution in [3.05, 3.63) is 24.3 Å². The van der Waals surface area contributed by atoms with Gasteiger partial charge in [-0.1, -0.05) is 36.7 Å². The highest BCUT2D eigenvalue weighted by Crippen LogP contribution is 2.33. The molecule has 1 heterocycles. The summed E-state index contributed by atoms with van der Waals surface area (Å²) in [7, 11) is 0. The Hall–Kier alpha value is -1.60. The number of nitrogens with one attached hydrogen (secondary N) is 1. The lowest BCUT2D eigenvalue weighted by Gasteiger charge is -2.13. The van der Waals surface area contributed by atoms with Crippen LogP contribution in [-0.4, -0.2) is 33.8 Å². The van der Waals surface area contributed by atoms with Crippen molar-refractivity contribution >= 4 is 45.2 Å². The molecular weight excluding hydrogens is 320 g/mol. The summed E-state index contributed by atoms with van der Waals surface area (Å²) in [5, 5.41) is 11.8. The third-order valence-corrected chi connectivity index (χ3v) is 5.68. The first kappa shape index (κ1) is 15.3. The lowest BCUT2D eigenvalue weighted by molar-refractivity contribution is -0.141. The van der Waals surface area contributed by atoms with E-state index in [1.54, 1.807) is 11.3 Å². The highest BCUT2D eigenvalue weighted by molar-refractivity contribution is 8.01. The number of carbonyl (C=O) groups is 2. The third-order valence-electron chi connectivity index (χ3n) is 3.50. The Bertz CT molecular complexity index is 664. The predicted molar refractivity (Wildman–Crippen MR) is 87.3 cm³/mol. The molecule has 1 unspecified atom stereocenters. The molecule has 1 aliphatic rings. The summed E-state index contributed by atoms with van der Waals surface area (Å²) in [4.78, 5) is 27.5. The van der Waals surface area contributed by atoms with E-state index in [1.165, 1.54) is 11.8 Å². The molecule has 116 valence electrons. The van der Waals surface area contributed by atoms with E-state index in [9.17, 15) is 9.59 Å². The number of carbonyl (C=O) groups excluding carboxylic acids is 1. The van der Waals surface area contributed by atoms with Gasteiger partial charge < -0.3 is 10.4 Å². The summed E-state index contributed by atoms with van der Waals surface area (Å²) in [5.41, 5.74) is 0.924. The van der Waals surface area contributed by atoms with E-state index < -0.39 is 12.0 Å². The van der Waals surface area contributed by atoms with E-state index in [2.05, 4.69) is 10.3 Å². The van der Waals surface area contributed by atoms with Crippen LogP contribution in [0.2, 0.25) is 0 Å². The van der Waals surface area contributed by atoms with Crippen molar-refractivity contribution in [1.82, 2.24) is 10.3 Å². The van der Waals surface area contributed by atoms with Gasteiger partial charge in [0.2, 0.25) is 5.91 Å². The minimum absolute atomic E-state index is 0.189. The molecule has 1 aliphatic carbocycles. The number of carboxylic acids is 1. The van der Waals surface area contributed by atoms with Gasteiger partial charge in [0.1, 0.15) is 6.04 Å². The molecule has 0 spiro atoms. The van der Waals surface area contributed by atoms with Crippen molar-refractivity contribution in [1.29, 1.82) is 0 Å². The van der Waals surface area contributed by atoms with Crippen LogP contribution in [0.25, 0.3) is 10.2 Å². The number of para-hydroxylation sites is 1. The molecule has 0 aliphatic heterocycles. The smallest absolute Gasteiger partial charge is 0.326 e. The first-order valence-corrected chi connectivity index (χ1v) is 8.92. The zero-order valence-electron chi connectivity index (χ0n) is 11.8. The Kier molecular flexibility index (Phi) is 4.63. The third kappa shape index (κ3) is 3.98. The molecule has 0 saturated heterocycles. The van der Waals surface area contributed by atoms with Gasteiger partial charge in [0.05, 0.1) is 16.0 Å². The number of rotatable bonds is 7. The highest BCUT2D eigenvalue weighted by atomic mass is 32.2. The van der Waals surface area contributed by atoms with E-state index in [1.807, 2.05) is 24.3 Å². The summed E-state index contributed by atoms with van der Waals surface area (Å²) < 4.78 is 1.91. The van der Waals surface area contributed by atoms with Gasteiger partial charge in [-0.05, 0) is 24.5 Å². The summed E-state index contributed by atoms with van der Waals surface area (Å²) in [6.45, 7) is 0. The number of hydrogen-bond acceptors (Lipinski definition) is 5. The van der Waals surface area contributed by atoms with Crippen LogP contribution >= 0.6 is 23.1 Å². The number of thioether (sulfide) groups is 1. The topological polar surface area (TPSA) is 79.3 Å². The second kappa shape index (κ2) is 6.66. The van der Waals surface area contributed by atoms with E-state index in [4.69, 9.17) is 5.11 Å². The maximum absolute atomic E-state index is 11.9. The molecule has 2 aromatic rings. The summed E-state index contributed by atoms with van der Waals surface area (Å²) in [6, 6.07) is 7.05. The Morgan fingerprint density at radius 1 is 1.41 bits per heavy atom. The van der Waals surface area contributed by atoms with Gasteiger partial charge in [-0.3, -0.25) is 4.79 Å². The fourth-order valence-corrected chi connectivity index (χ4v) is 4.06. The molecule has 5 nitrogen and oxygen atoms in total. The van der Waals surface area contributed by atoms with Gasteiger partial charge in [0.15, 0.2) is 4.34 Å². The monoisotopic (exact) mass is 336 g/mol. The predicted octanol–water partition coefficient (Wildman–Crippen LogP) is 2.76. The van der Waals surface area contributed by atoms with Crippen LogP contribution < -0.4 is 5.32 Å². The molecule has 1 fully saturated rings. The van der Waals surface area contributed by atoms with Crippen LogP contribution in [0.1, 0.15) is 19.3 Å². The average Bonchev–Trinajstić information content (AvgIpc) is 3.21. The summed E-state index contributed by atoms with van der Waals surface area (Å²) >= 11 is 2.89. The quantitative estimate of drug-likeness (QED) is 0.760. The van der Waals surface area contributed by atoms with Gasteiger partial charge >= 0.3 is 5.97 Å². The number of carboxylic acid groups (broad SMARTS) is 1. The molecule has 0 radical (unpaired) electrons. The van der Waals surface area contributed by atoms with Crippen LogP contribution in [0.5, 0.6) is 0 Å². The largest absolute Gasteiger partial charge is 0.480 e. The SMILES string of the molecule is O=C(CSc1nc2ccccc2s1)NC(CC1CC1)C(=O)O. The van der Waals surface area contributed by atoms with Gasteiger partial charge in [0.25, 0.3) is 0 Å². The maximum Gasteiger partial charge on any atom is 0.326 e. The van der Waals surface area contributed by atoms with E-state index >= 15 is 0 Å². The van der Waals surface area contributed by atoms with Crippen molar-refractivity contribution in [2.75, 3.05) is 5.75 Å². The number of amides is 1. The molecule has 0 bridgehead atoms. The molecular formula is C15H16N2O3S2. The van der Waals surface area contributed by atoms with Gasteiger partial charge in [-0.2, -0.15) is 0 Å². The van der Waals surface area contributed by atoms with Crippen molar-refractivity contribution in [3.63, 3.8) is 0 Å². The molecule has 2 N–H and O–H groups in total. The number of aliphatic carboxylic acids is 1. The van der Waals surface area contributed by atoms with Crippen molar-refractivity contribution in [2.24, 2.45) is 5.92 Å². The fourth-order valence-electron chi connectivity index (χ4n) is 2.18. The Labute approximate surface area is 136 Å². The summed E-state index contributed by atoms with van der Waals surface area (Å²) in [6.07, 6.45) is 2.67. The molecule has 7 heteroatoms. The van der Waals surface area contributed by atoms with Crippen molar-refractivity contribution < 1.29 is 14.7 Å². The van der Waals surface area contributed by atoms with E-state index in [0.29, 0.717) is 12.3 Å². The molecule has 1 amide bonds. The van der Waals surface area contributed by atoms with Crippen LogP contribution in [0, 0.1) is 5.92 Å². The minimum atomic E-state index is -0.953. The van der Waals surface area contributed by atoms with Crippen LogP contribution in [0.3, 0.4) is 0 Å². The number of hydrogen-bond donors (Lipinski definition) is 2. The standard InChI is InChI=1S/C15H16N2O3S2/c18-13(16-11(14(19)20)7-9-5-6-9)8-21-15-17-10-3-1-2-4-12(10)22-15/h1-4,9,11H,5-8H2,(H,16,18)(H,19,20). The molecule has 1 aromatic heterocycles. The van der Waals surface area contributed by atoms with Gasteiger partial charge in [-0.25, -0.2) is 9.78 Å². The van der Waals surface area contributed by atoms with Gasteiger partial charge in [0, 0.05) is 0 Å². The highest BCUT2D eigenvalue weighted by Gasteiger charge is 2.30. The van der Waals surface area contributed by atoms with Crippen molar-refractivity contribution in [2.45, 2.75) is 29.6 Å². The average molecular weight is 336 g/mol. The number of fused-ring (bicyclic) bond motifs is 1. The summed E-state index contributed by atoms with van der Waals surface area (Å²) in [5.74, 6) is -0.560. The second-order valence-electron chi connectivity index (χ2n) is 5.37. The first-order valence-electron chi connectivity index (χ1n) is 7.12. The lowest BCUT2D eigenvalue weighted by Crippen LogP contribution is -2.41. The molecule has 1 saturated carbocycles. The number of benzene rings is 1. The Morgan fingerprint density at radius 2 is 2.18 bits per heavy atom. The van der Waals surface area contributed by atoms with Gasteiger partial charge in [-0.15, -0.1) is 11.3 Å². The van der Waals surface area contributed by atoms with E-state index in [-0.39, 0.29) is 11.7 Å². The molecule has 3 rings (SSSR count). The molecule has 1 aromatic carbocycles. The number of nitrogens with zero attached hydrogens (tertiary/aromatic N) is 1. The molecule has 1 atom stereocenters. The number of aromatic nitrogens is 1. The van der Waals surface area contributed by atoms with Crippen LogP contribution in [0.15, 0.2) is 28.6 Å². The van der Waals surface area contributed by atoms with E-state index in [0.717, 1.165) is 27.4 Å². The lowest BCUT2D eigenvalue weighted by atomic mass is 10.1. The molecule has 22 heavy (non-hydrogen) atoms. The zero-order valence-corrected chi connectivity index (χ0v) is 13.5. The fraction of sp³-hybridized carbons (Fsp3) is 0.400. The zero-order chi connectivity index (χ0) is 15.5. The Balaban J connectivity index is 1.53.